The maximum atomic E-state index is 13.2. The molecular formula is C16H21F3N4O. The van der Waals surface area contributed by atoms with Crippen LogP contribution in [-0.2, 0) is 6.18 Å². The smallest absolute Gasteiger partial charge is 0.340 e. The maximum Gasteiger partial charge on any atom is 0.449 e. The lowest BCUT2D eigenvalue weighted by Gasteiger charge is -2.17. The standard InChI is InChI=1S/C16H21F3N4O/c1-10(2)23-13-6-5-11(14(24)22(4)8-7-20-3)9-12(13)21-15(23)16(17,18)19/h5-6,9-10,20H,7-8H2,1-4H3. The molecule has 8 heteroatoms. The molecule has 1 aromatic carbocycles. The highest BCUT2D eigenvalue weighted by Gasteiger charge is 2.38. The van der Waals surface area contributed by atoms with Gasteiger partial charge in [-0.15, -0.1) is 0 Å². The normalized spacial score (nSPS) is 12.2. The minimum Gasteiger partial charge on any atom is -0.340 e. The average molecular weight is 342 g/mol. The number of halogens is 3. The van der Waals surface area contributed by atoms with E-state index in [4.69, 9.17) is 0 Å². The van der Waals surface area contributed by atoms with Crippen LogP contribution in [0.5, 0.6) is 0 Å². The molecule has 0 fully saturated rings. The molecule has 5 nitrogen and oxygen atoms in total. The van der Waals surface area contributed by atoms with Gasteiger partial charge in [0, 0.05) is 31.7 Å². The van der Waals surface area contributed by atoms with E-state index in [1.165, 1.54) is 17.0 Å². The molecule has 0 unspecified atom stereocenters. The van der Waals surface area contributed by atoms with E-state index >= 15 is 0 Å². The summed E-state index contributed by atoms with van der Waals surface area (Å²) in [5.41, 5.74) is 0.860. The molecule has 0 radical (unpaired) electrons. The second-order valence-electron chi connectivity index (χ2n) is 5.93. The number of fused-ring (bicyclic) bond motifs is 1. The number of likely N-dealkylation sites (N-methyl/N-ethyl adjacent to an activating group) is 2. The van der Waals surface area contributed by atoms with Gasteiger partial charge in [0.05, 0.1) is 11.0 Å². The number of nitrogens with zero attached hydrogens (tertiary/aromatic N) is 3. The fourth-order valence-electron chi connectivity index (χ4n) is 2.56. The predicted octanol–water partition coefficient (Wildman–Crippen LogP) is 2.93. The summed E-state index contributed by atoms with van der Waals surface area (Å²) in [4.78, 5) is 17.6. The molecule has 2 rings (SSSR count). The van der Waals surface area contributed by atoms with E-state index in [1.807, 2.05) is 0 Å². The van der Waals surface area contributed by atoms with Gasteiger partial charge in [-0.1, -0.05) is 0 Å². The topological polar surface area (TPSA) is 50.2 Å². The van der Waals surface area contributed by atoms with Crippen LogP contribution in [0.3, 0.4) is 0 Å². The Kier molecular flexibility index (Phi) is 5.17. The van der Waals surface area contributed by atoms with Crippen molar-refractivity contribution < 1.29 is 18.0 Å². The van der Waals surface area contributed by atoms with Crippen LogP contribution >= 0.6 is 0 Å². The third kappa shape index (κ3) is 3.53. The van der Waals surface area contributed by atoms with E-state index in [1.54, 1.807) is 34.0 Å². The molecule has 1 heterocycles. The Hall–Kier alpha value is -2.09. The zero-order valence-electron chi connectivity index (χ0n) is 14.1. The third-order valence-corrected chi connectivity index (χ3v) is 3.75. The highest BCUT2D eigenvalue weighted by atomic mass is 19.4. The number of hydrogen-bond acceptors (Lipinski definition) is 3. The van der Waals surface area contributed by atoms with Crippen LogP contribution in [0, 0.1) is 0 Å². The minimum atomic E-state index is -4.54. The van der Waals surface area contributed by atoms with Gasteiger partial charge in [-0.3, -0.25) is 4.79 Å². The summed E-state index contributed by atoms with van der Waals surface area (Å²) in [6, 6.07) is 4.09. The molecule has 0 aliphatic rings. The van der Waals surface area contributed by atoms with E-state index in [0.29, 0.717) is 24.2 Å². The van der Waals surface area contributed by atoms with Crippen molar-refractivity contribution in [3.8, 4) is 0 Å². The Morgan fingerprint density at radius 1 is 1.38 bits per heavy atom. The van der Waals surface area contributed by atoms with Crippen molar-refractivity contribution in [3.63, 3.8) is 0 Å². The zero-order chi connectivity index (χ0) is 18.1. The van der Waals surface area contributed by atoms with Crippen molar-refractivity contribution in [2.45, 2.75) is 26.1 Å². The molecule has 1 amide bonds. The molecule has 0 bridgehead atoms. The lowest BCUT2D eigenvalue weighted by atomic mass is 10.1. The Balaban J connectivity index is 2.47. The largest absolute Gasteiger partial charge is 0.449 e. The Bertz CT molecular complexity index is 737. The average Bonchev–Trinajstić information content (AvgIpc) is 2.90. The summed E-state index contributed by atoms with van der Waals surface area (Å²) < 4.78 is 40.8. The van der Waals surface area contributed by atoms with Crippen LogP contribution < -0.4 is 5.32 Å². The number of hydrogen-bond donors (Lipinski definition) is 1. The number of imidazole rings is 1. The van der Waals surface area contributed by atoms with Crippen LogP contribution in [-0.4, -0.2) is 47.5 Å². The summed E-state index contributed by atoms with van der Waals surface area (Å²) in [6.45, 7) is 4.47. The van der Waals surface area contributed by atoms with Gasteiger partial charge < -0.3 is 14.8 Å². The van der Waals surface area contributed by atoms with Crippen molar-refractivity contribution in [3.05, 3.63) is 29.6 Å². The van der Waals surface area contributed by atoms with Gasteiger partial charge >= 0.3 is 6.18 Å². The van der Waals surface area contributed by atoms with Crippen LogP contribution in [0.1, 0.15) is 36.1 Å². The van der Waals surface area contributed by atoms with Crippen molar-refractivity contribution >= 4 is 16.9 Å². The van der Waals surface area contributed by atoms with Gasteiger partial charge in [0.15, 0.2) is 0 Å². The van der Waals surface area contributed by atoms with Crippen LogP contribution in [0.2, 0.25) is 0 Å². The SMILES string of the molecule is CNCCN(C)C(=O)c1ccc2c(c1)nc(C(F)(F)F)n2C(C)C. The highest BCUT2D eigenvalue weighted by molar-refractivity contribution is 5.97. The molecule has 0 aliphatic heterocycles. The van der Waals surface area contributed by atoms with Gasteiger partial charge in [-0.2, -0.15) is 13.2 Å². The monoisotopic (exact) mass is 342 g/mol. The zero-order valence-corrected chi connectivity index (χ0v) is 14.1. The van der Waals surface area contributed by atoms with Crippen LogP contribution in [0.25, 0.3) is 11.0 Å². The van der Waals surface area contributed by atoms with Gasteiger partial charge in [0.1, 0.15) is 0 Å². The molecular weight excluding hydrogens is 321 g/mol. The second kappa shape index (κ2) is 6.80. The van der Waals surface area contributed by atoms with E-state index < -0.39 is 18.0 Å². The van der Waals surface area contributed by atoms with Crippen molar-refractivity contribution in [1.82, 2.24) is 19.8 Å². The molecule has 0 aliphatic carbocycles. The number of rotatable bonds is 5. The van der Waals surface area contributed by atoms with Crippen molar-refractivity contribution in [1.29, 1.82) is 0 Å². The summed E-state index contributed by atoms with van der Waals surface area (Å²) in [5.74, 6) is -1.19. The van der Waals surface area contributed by atoms with Crippen molar-refractivity contribution in [2.75, 3.05) is 27.2 Å². The molecule has 1 aromatic heterocycles. The van der Waals surface area contributed by atoms with Gasteiger partial charge in [-0.25, -0.2) is 4.98 Å². The first-order valence-corrected chi connectivity index (χ1v) is 7.66. The quantitative estimate of drug-likeness (QED) is 0.909. The molecule has 0 spiro atoms. The number of benzene rings is 1. The lowest BCUT2D eigenvalue weighted by Crippen LogP contribution is -2.32. The van der Waals surface area contributed by atoms with Gasteiger partial charge in [-0.05, 0) is 39.1 Å². The first-order chi connectivity index (χ1) is 11.2. The summed E-state index contributed by atoms with van der Waals surface area (Å²) >= 11 is 0. The number of carbonyl (C=O) groups excluding carboxylic acids is 1. The van der Waals surface area contributed by atoms with E-state index in [-0.39, 0.29) is 11.4 Å². The van der Waals surface area contributed by atoms with Crippen LogP contribution in [0.4, 0.5) is 13.2 Å². The van der Waals surface area contributed by atoms with Gasteiger partial charge in [0.25, 0.3) is 5.91 Å². The number of nitrogens with one attached hydrogen (secondary N) is 1. The first-order valence-electron chi connectivity index (χ1n) is 7.66. The molecule has 2 aromatic rings. The second-order valence-corrected chi connectivity index (χ2v) is 5.93. The van der Waals surface area contributed by atoms with Crippen molar-refractivity contribution in [2.24, 2.45) is 0 Å². The maximum absolute atomic E-state index is 13.2. The van der Waals surface area contributed by atoms with Gasteiger partial charge in [0.2, 0.25) is 5.82 Å². The Morgan fingerprint density at radius 3 is 2.58 bits per heavy atom. The lowest BCUT2D eigenvalue weighted by molar-refractivity contribution is -0.147. The molecule has 132 valence electrons. The van der Waals surface area contributed by atoms with E-state index in [0.717, 1.165) is 4.57 Å². The Labute approximate surface area is 138 Å². The van der Waals surface area contributed by atoms with Crippen LogP contribution in [0.15, 0.2) is 18.2 Å². The van der Waals surface area contributed by atoms with E-state index in [9.17, 15) is 18.0 Å². The Morgan fingerprint density at radius 2 is 2.04 bits per heavy atom. The molecule has 1 N–H and O–H groups in total. The molecule has 0 saturated carbocycles. The number of alkyl halides is 3. The molecule has 0 atom stereocenters. The summed E-state index contributed by atoms with van der Waals surface area (Å²) in [7, 11) is 3.43. The molecule has 24 heavy (non-hydrogen) atoms. The fraction of sp³-hybridized carbons (Fsp3) is 0.500. The number of amides is 1. The summed E-state index contributed by atoms with van der Waals surface area (Å²) in [5, 5.41) is 2.94. The molecule has 0 saturated heterocycles. The third-order valence-electron chi connectivity index (χ3n) is 3.75. The number of aromatic nitrogens is 2. The van der Waals surface area contributed by atoms with E-state index in [2.05, 4.69) is 10.3 Å². The minimum absolute atomic E-state index is 0.170. The highest BCUT2D eigenvalue weighted by Crippen LogP contribution is 2.34. The predicted molar refractivity (Wildman–Crippen MR) is 86.0 cm³/mol. The first kappa shape index (κ1) is 18.3. The summed E-state index contributed by atoms with van der Waals surface area (Å²) in [6.07, 6.45) is -4.54. The fourth-order valence-corrected chi connectivity index (χ4v) is 2.56. The number of carbonyl (C=O) groups is 1.